The Morgan fingerprint density at radius 1 is 1.25 bits per heavy atom. The van der Waals surface area contributed by atoms with Crippen LogP contribution in [0.3, 0.4) is 0 Å². The van der Waals surface area contributed by atoms with Gasteiger partial charge < -0.3 is 10.5 Å². The number of nitriles is 1. The number of rotatable bonds is 8. The lowest BCUT2D eigenvalue weighted by atomic mass is 9.89. The molecule has 0 fully saturated rings. The average molecular weight is 274 g/mol. The van der Waals surface area contributed by atoms with Gasteiger partial charge in [-0.25, -0.2) is 0 Å². The highest BCUT2D eigenvalue weighted by Crippen LogP contribution is 2.22. The Bertz CT molecular complexity index is 431. The van der Waals surface area contributed by atoms with Gasteiger partial charge in [-0.3, -0.25) is 0 Å². The van der Waals surface area contributed by atoms with Gasteiger partial charge in [0.1, 0.15) is 5.75 Å². The van der Waals surface area contributed by atoms with E-state index in [-0.39, 0.29) is 11.5 Å². The van der Waals surface area contributed by atoms with Gasteiger partial charge in [-0.1, -0.05) is 19.1 Å². The summed E-state index contributed by atoms with van der Waals surface area (Å²) in [5, 5.41) is 8.93. The maximum Gasteiger partial charge on any atom is 0.119 e. The Morgan fingerprint density at radius 3 is 2.45 bits per heavy atom. The van der Waals surface area contributed by atoms with Crippen molar-refractivity contribution >= 4 is 0 Å². The quantitative estimate of drug-likeness (QED) is 0.723. The topological polar surface area (TPSA) is 59.0 Å². The summed E-state index contributed by atoms with van der Waals surface area (Å²) >= 11 is 0. The van der Waals surface area contributed by atoms with Crippen LogP contribution in [0.15, 0.2) is 24.3 Å². The first kappa shape index (κ1) is 16.5. The van der Waals surface area contributed by atoms with Crippen LogP contribution in [-0.2, 0) is 0 Å². The van der Waals surface area contributed by atoms with Gasteiger partial charge in [0.25, 0.3) is 0 Å². The summed E-state index contributed by atoms with van der Waals surface area (Å²) in [6.45, 7) is 6.73. The molecule has 0 saturated carbocycles. The van der Waals surface area contributed by atoms with E-state index in [0.717, 1.165) is 37.0 Å². The van der Waals surface area contributed by atoms with Crippen molar-refractivity contribution < 1.29 is 4.74 Å². The van der Waals surface area contributed by atoms with Crippen LogP contribution in [-0.4, -0.2) is 6.61 Å². The standard InChI is InChI=1S/C17H26N2O/c1-4-16(19)14-7-9-15(10-8-14)20-12-6-5-11-17(2,3)13-18/h7-10,16H,4-6,11-12,19H2,1-3H3. The van der Waals surface area contributed by atoms with Crippen LogP contribution in [0.5, 0.6) is 5.75 Å². The SMILES string of the molecule is CCC(N)c1ccc(OCCCCC(C)(C)C#N)cc1. The number of hydrogen-bond acceptors (Lipinski definition) is 3. The number of nitrogens with two attached hydrogens (primary N) is 1. The second-order valence-corrected chi connectivity index (χ2v) is 5.89. The van der Waals surface area contributed by atoms with Crippen molar-refractivity contribution in [2.45, 2.75) is 52.5 Å². The van der Waals surface area contributed by atoms with Crippen molar-refractivity contribution in [2.24, 2.45) is 11.1 Å². The van der Waals surface area contributed by atoms with Crippen LogP contribution >= 0.6 is 0 Å². The molecule has 1 aromatic carbocycles. The molecule has 110 valence electrons. The van der Waals surface area contributed by atoms with Crippen LogP contribution in [0.2, 0.25) is 0 Å². The zero-order valence-corrected chi connectivity index (χ0v) is 12.9. The van der Waals surface area contributed by atoms with E-state index in [4.69, 9.17) is 15.7 Å². The fourth-order valence-corrected chi connectivity index (χ4v) is 1.96. The Balaban J connectivity index is 2.28. The maximum atomic E-state index is 8.93. The molecule has 1 atom stereocenters. The number of nitrogens with zero attached hydrogens (tertiary/aromatic N) is 1. The normalized spacial score (nSPS) is 12.8. The van der Waals surface area contributed by atoms with Crippen molar-refractivity contribution in [3.63, 3.8) is 0 Å². The molecule has 1 aromatic rings. The highest BCUT2D eigenvalue weighted by atomic mass is 16.5. The predicted molar refractivity (Wildman–Crippen MR) is 82.4 cm³/mol. The lowest BCUT2D eigenvalue weighted by Crippen LogP contribution is -2.09. The van der Waals surface area contributed by atoms with E-state index in [1.54, 1.807) is 0 Å². The molecule has 3 heteroatoms. The van der Waals surface area contributed by atoms with Gasteiger partial charge in [0, 0.05) is 6.04 Å². The van der Waals surface area contributed by atoms with Gasteiger partial charge in [0.15, 0.2) is 0 Å². The molecule has 0 radical (unpaired) electrons. The molecule has 20 heavy (non-hydrogen) atoms. The lowest BCUT2D eigenvalue weighted by Gasteiger charge is -2.14. The molecule has 0 bridgehead atoms. The summed E-state index contributed by atoms with van der Waals surface area (Å²) in [5.41, 5.74) is 6.90. The highest BCUT2D eigenvalue weighted by Gasteiger charge is 2.15. The third kappa shape index (κ3) is 5.63. The van der Waals surface area contributed by atoms with E-state index in [2.05, 4.69) is 13.0 Å². The number of ether oxygens (including phenoxy) is 1. The summed E-state index contributed by atoms with van der Waals surface area (Å²) in [7, 11) is 0. The van der Waals surface area contributed by atoms with Crippen LogP contribution in [0.25, 0.3) is 0 Å². The van der Waals surface area contributed by atoms with E-state index in [0.29, 0.717) is 6.61 Å². The number of unbranched alkanes of at least 4 members (excludes halogenated alkanes) is 1. The molecule has 1 rings (SSSR count). The first-order valence-electron chi connectivity index (χ1n) is 7.38. The minimum absolute atomic E-state index is 0.109. The van der Waals surface area contributed by atoms with E-state index < -0.39 is 0 Å². The first-order valence-corrected chi connectivity index (χ1v) is 7.38. The second-order valence-electron chi connectivity index (χ2n) is 5.89. The maximum absolute atomic E-state index is 8.93. The van der Waals surface area contributed by atoms with Crippen molar-refractivity contribution in [2.75, 3.05) is 6.61 Å². The summed E-state index contributed by atoms with van der Waals surface area (Å²) in [5.74, 6) is 0.886. The zero-order valence-electron chi connectivity index (χ0n) is 12.9. The minimum atomic E-state index is -0.224. The van der Waals surface area contributed by atoms with E-state index in [1.165, 1.54) is 0 Å². The Hall–Kier alpha value is -1.53. The highest BCUT2D eigenvalue weighted by molar-refractivity contribution is 5.28. The summed E-state index contributed by atoms with van der Waals surface area (Å²) in [6.07, 6.45) is 3.84. The monoisotopic (exact) mass is 274 g/mol. The fourth-order valence-electron chi connectivity index (χ4n) is 1.96. The van der Waals surface area contributed by atoms with Gasteiger partial charge in [-0.15, -0.1) is 0 Å². The van der Waals surface area contributed by atoms with Crippen LogP contribution in [0.4, 0.5) is 0 Å². The van der Waals surface area contributed by atoms with Gasteiger partial charge in [0.2, 0.25) is 0 Å². The third-order valence-electron chi connectivity index (χ3n) is 3.52. The molecule has 0 aromatic heterocycles. The van der Waals surface area contributed by atoms with Crippen LogP contribution in [0, 0.1) is 16.7 Å². The molecule has 0 aliphatic rings. The molecule has 3 nitrogen and oxygen atoms in total. The lowest BCUT2D eigenvalue weighted by molar-refractivity contribution is 0.295. The third-order valence-corrected chi connectivity index (χ3v) is 3.52. The number of benzene rings is 1. The summed E-state index contributed by atoms with van der Waals surface area (Å²) in [4.78, 5) is 0. The van der Waals surface area contributed by atoms with Crippen molar-refractivity contribution in [3.8, 4) is 11.8 Å². The molecular weight excluding hydrogens is 248 g/mol. The minimum Gasteiger partial charge on any atom is -0.494 e. The predicted octanol–water partition coefficient (Wildman–Crippen LogP) is 4.20. The fraction of sp³-hybridized carbons (Fsp3) is 0.588. The average Bonchev–Trinajstić information content (AvgIpc) is 2.46. The van der Waals surface area contributed by atoms with E-state index in [9.17, 15) is 0 Å². The molecule has 0 saturated heterocycles. The van der Waals surface area contributed by atoms with Gasteiger partial charge in [-0.05, 0) is 57.2 Å². The van der Waals surface area contributed by atoms with E-state index >= 15 is 0 Å². The Morgan fingerprint density at radius 2 is 1.90 bits per heavy atom. The molecule has 0 amide bonds. The molecule has 0 spiro atoms. The smallest absolute Gasteiger partial charge is 0.119 e. The van der Waals surface area contributed by atoms with Crippen molar-refractivity contribution in [1.29, 1.82) is 5.26 Å². The zero-order chi connectivity index (χ0) is 15.0. The van der Waals surface area contributed by atoms with Crippen molar-refractivity contribution in [1.82, 2.24) is 0 Å². The van der Waals surface area contributed by atoms with Gasteiger partial charge in [-0.2, -0.15) is 5.26 Å². The molecule has 1 unspecified atom stereocenters. The first-order chi connectivity index (χ1) is 9.48. The van der Waals surface area contributed by atoms with Crippen LogP contribution < -0.4 is 10.5 Å². The van der Waals surface area contributed by atoms with Gasteiger partial charge in [0.05, 0.1) is 18.1 Å². The molecule has 0 aliphatic carbocycles. The van der Waals surface area contributed by atoms with E-state index in [1.807, 2.05) is 38.1 Å². The summed E-state index contributed by atoms with van der Waals surface area (Å²) < 4.78 is 5.70. The molecule has 0 heterocycles. The molecule has 2 N–H and O–H groups in total. The largest absolute Gasteiger partial charge is 0.494 e. The number of hydrogen-bond donors (Lipinski definition) is 1. The molecule has 0 aliphatic heterocycles. The summed E-state index contributed by atoms with van der Waals surface area (Å²) in [6, 6.07) is 10.4. The van der Waals surface area contributed by atoms with Crippen LogP contribution in [0.1, 0.15) is 58.1 Å². The molecular formula is C17H26N2O. The van der Waals surface area contributed by atoms with Gasteiger partial charge >= 0.3 is 0 Å². The Labute approximate surface area is 122 Å². The Kier molecular flexibility index (Phi) is 6.54. The second kappa shape index (κ2) is 7.91. The van der Waals surface area contributed by atoms with Crippen molar-refractivity contribution in [3.05, 3.63) is 29.8 Å².